The number of furan rings is 1. The van der Waals surface area contributed by atoms with Gasteiger partial charge in [-0.15, -0.1) is 0 Å². The van der Waals surface area contributed by atoms with Gasteiger partial charge in [-0.2, -0.15) is 5.26 Å². The highest BCUT2D eigenvalue weighted by Crippen LogP contribution is 2.16. The summed E-state index contributed by atoms with van der Waals surface area (Å²) in [6.45, 7) is 2.81. The molecule has 0 saturated carbocycles. The van der Waals surface area contributed by atoms with Crippen molar-refractivity contribution in [1.29, 1.82) is 5.26 Å². The van der Waals surface area contributed by atoms with E-state index in [0.29, 0.717) is 22.8 Å². The molecule has 2 aromatic rings. The van der Waals surface area contributed by atoms with Crippen LogP contribution >= 0.6 is 0 Å². The Labute approximate surface area is 133 Å². The van der Waals surface area contributed by atoms with E-state index in [9.17, 15) is 9.59 Å². The van der Waals surface area contributed by atoms with E-state index >= 15 is 0 Å². The second kappa shape index (κ2) is 7.27. The Kier molecular flexibility index (Phi) is 5.15. The van der Waals surface area contributed by atoms with Gasteiger partial charge in [-0.1, -0.05) is 18.2 Å². The Morgan fingerprint density at radius 2 is 1.96 bits per heavy atom. The molecule has 6 heteroatoms. The van der Waals surface area contributed by atoms with Gasteiger partial charge >= 0.3 is 5.97 Å². The highest BCUT2D eigenvalue weighted by molar-refractivity contribution is 5.97. The van der Waals surface area contributed by atoms with Crippen molar-refractivity contribution in [2.24, 2.45) is 0 Å². The molecular weight excluding hydrogens is 296 g/mol. The minimum absolute atomic E-state index is 0.121. The predicted molar refractivity (Wildman–Crippen MR) is 82.9 cm³/mol. The van der Waals surface area contributed by atoms with Gasteiger partial charge in [0.2, 0.25) is 0 Å². The van der Waals surface area contributed by atoms with Crippen molar-refractivity contribution in [3.63, 3.8) is 0 Å². The molecule has 0 radical (unpaired) electrons. The molecule has 0 unspecified atom stereocenters. The van der Waals surface area contributed by atoms with Crippen LogP contribution in [-0.2, 0) is 9.53 Å². The summed E-state index contributed by atoms with van der Waals surface area (Å²) in [6, 6.07) is 12.2. The number of carbonyl (C=O) groups excluding carboxylic acids is 2. The highest BCUT2D eigenvalue weighted by Gasteiger charge is 2.20. The van der Waals surface area contributed by atoms with Crippen LogP contribution in [0.1, 0.15) is 21.9 Å². The number of nitrogens with zero attached hydrogens (tertiary/aromatic N) is 2. The minimum Gasteiger partial charge on any atom is -0.466 e. The quantitative estimate of drug-likeness (QED) is 0.626. The second-order valence-electron chi connectivity index (χ2n) is 4.88. The number of nitriles is 1. The summed E-state index contributed by atoms with van der Waals surface area (Å²) in [4.78, 5) is 25.5. The van der Waals surface area contributed by atoms with Gasteiger partial charge in [0.15, 0.2) is 6.61 Å². The minimum atomic E-state index is -0.627. The molecule has 0 fully saturated rings. The monoisotopic (exact) mass is 312 g/mol. The maximum Gasteiger partial charge on any atom is 0.342 e. The molecule has 2 rings (SSSR count). The van der Waals surface area contributed by atoms with Crippen LogP contribution in [0.3, 0.4) is 0 Å². The molecule has 0 aliphatic carbocycles. The van der Waals surface area contributed by atoms with Crippen LogP contribution in [0.25, 0.3) is 0 Å². The zero-order chi connectivity index (χ0) is 16.8. The number of hydrogen-bond acceptors (Lipinski definition) is 5. The smallest absolute Gasteiger partial charge is 0.342 e. The number of ether oxygens (including phenoxy) is 1. The van der Waals surface area contributed by atoms with Crippen molar-refractivity contribution in [3.05, 3.63) is 53.5 Å². The first-order chi connectivity index (χ1) is 11.0. The lowest BCUT2D eigenvalue weighted by molar-refractivity contribution is -0.121. The summed E-state index contributed by atoms with van der Waals surface area (Å²) >= 11 is 0. The SMILES string of the molecule is Cc1cc(C(=O)OCC(=O)N(CC#N)c2ccccc2)c(C)o1. The van der Waals surface area contributed by atoms with Crippen molar-refractivity contribution in [2.45, 2.75) is 13.8 Å². The normalized spacial score (nSPS) is 9.96. The summed E-state index contributed by atoms with van der Waals surface area (Å²) < 4.78 is 10.3. The van der Waals surface area contributed by atoms with Gasteiger partial charge in [0.05, 0.1) is 6.07 Å². The number of rotatable bonds is 5. The van der Waals surface area contributed by atoms with Crippen LogP contribution in [-0.4, -0.2) is 25.0 Å². The molecule has 0 spiro atoms. The molecule has 1 heterocycles. The average Bonchev–Trinajstić information content (AvgIpc) is 2.89. The Morgan fingerprint density at radius 1 is 1.26 bits per heavy atom. The summed E-state index contributed by atoms with van der Waals surface area (Å²) in [5.41, 5.74) is 0.868. The predicted octanol–water partition coefficient (Wildman–Crippen LogP) is 2.61. The van der Waals surface area contributed by atoms with Crippen molar-refractivity contribution in [3.8, 4) is 6.07 Å². The lowest BCUT2D eigenvalue weighted by atomic mass is 10.2. The molecule has 118 valence electrons. The first kappa shape index (κ1) is 16.3. The number of anilines is 1. The molecule has 23 heavy (non-hydrogen) atoms. The Bertz CT molecular complexity index is 744. The highest BCUT2D eigenvalue weighted by atomic mass is 16.5. The Balaban J connectivity index is 2.04. The molecule has 1 aromatic heterocycles. The third-order valence-electron chi connectivity index (χ3n) is 3.19. The molecule has 0 atom stereocenters. The van der Waals surface area contributed by atoms with E-state index in [4.69, 9.17) is 14.4 Å². The number of hydrogen-bond donors (Lipinski definition) is 0. The molecule has 0 aliphatic heterocycles. The Hall–Kier alpha value is -3.07. The average molecular weight is 312 g/mol. The number of para-hydroxylation sites is 1. The number of amides is 1. The zero-order valence-corrected chi connectivity index (χ0v) is 12.9. The van der Waals surface area contributed by atoms with E-state index in [-0.39, 0.29) is 6.54 Å². The van der Waals surface area contributed by atoms with Gasteiger partial charge in [-0.25, -0.2) is 4.79 Å². The Morgan fingerprint density at radius 3 is 2.52 bits per heavy atom. The van der Waals surface area contributed by atoms with E-state index in [0.717, 1.165) is 0 Å². The number of aryl methyl sites for hydroxylation is 2. The summed E-state index contributed by atoms with van der Waals surface area (Å²) in [5, 5.41) is 8.88. The largest absolute Gasteiger partial charge is 0.466 e. The van der Waals surface area contributed by atoms with Crippen LogP contribution in [0.2, 0.25) is 0 Å². The zero-order valence-electron chi connectivity index (χ0n) is 12.9. The van der Waals surface area contributed by atoms with Crippen LogP contribution in [0, 0.1) is 25.2 Å². The number of esters is 1. The molecule has 0 N–H and O–H groups in total. The van der Waals surface area contributed by atoms with Crippen molar-refractivity contribution in [1.82, 2.24) is 0 Å². The fraction of sp³-hybridized carbons (Fsp3) is 0.235. The van der Waals surface area contributed by atoms with Crippen molar-refractivity contribution < 1.29 is 18.7 Å². The van der Waals surface area contributed by atoms with Gasteiger partial charge in [0, 0.05) is 5.69 Å². The topological polar surface area (TPSA) is 83.5 Å². The van der Waals surface area contributed by atoms with E-state index in [1.807, 2.05) is 12.1 Å². The molecule has 1 aromatic carbocycles. The van der Waals surface area contributed by atoms with Gasteiger partial charge in [0.1, 0.15) is 23.6 Å². The maximum absolute atomic E-state index is 12.2. The summed E-state index contributed by atoms with van der Waals surface area (Å²) in [7, 11) is 0. The number of carbonyl (C=O) groups is 2. The van der Waals surface area contributed by atoms with Gasteiger partial charge in [-0.05, 0) is 32.0 Å². The lowest BCUT2D eigenvalue weighted by Crippen LogP contribution is -2.35. The lowest BCUT2D eigenvalue weighted by Gasteiger charge is -2.19. The second-order valence-corrected chi connectivity index (χ2v) is 4.88. The van der Waals surface area contributed by atoms with Crippen LogP contribution in [0.15, 0.2) is 40.8 Å². The van der Waals surface area contributed by atoms with E-state index in [1.54, 1.807) is 44.2 Å². The van der Waals surface area contributed by atoms with Crippen molar-refractivity contribution >= 4 is 17.6 Å². The van der Waals surface area contributed by atoms with Crippen LogP contribution in [0.5, 0.6) is 0 Å². The van der Waals surface area contributed by atoms with Gasteiger partial charge in [-0.3, -0.25) is 9.69 Å². The molecule has 0 saturated heterocycles. The maximum atomic E-state index is 12.2. The van der Waals surface area contributed by atoms with E-state index in [1.165, 1.54) is 4.90 Å². The van der Waals surface area contributed by atoms with E-state index in [2.05, 4.69) is 0 Å². The molecular formula is C17H16N2O4. The van der Waals surface area contributed by atoms with Crippen molar-refractivity contribution in [2.75, 3.05) is 18.1 Å². The third kappa shape index (κ3) is 3.98. The first-order valence-corrected chi connectivity index (χ1v) is 6.99. The molecule has 6 nitrogen and oxygen atoms in total. The summed E-state index contributed by atoms with van der Waals surface area (Å²) in [5.74, 6) is -0.0605. The molecule has 0 aliphatic rings. The molecule has 1 amide bonds. The number of benzene rings is 1. The van der Waals surface area contributed by atoms with Crippen LogP contribution in [0.4, 0.5) is 5.69 Å². The fourth-order valence-corrected chi connectivity index (χ4v) is 2.12. The van der Waals surface area contributed by atoms with Crippen LogP contribution < -0.4 is 4.90 Å². The fourth-order valence-electron chi connectivity index (χ4n) is 2.12. The van der Waals surface area contributed by atoms with Gasteiger partial charge < -0.3 is 9.15 Å². The summed E-state index contributed by atoms with van der Waals surface area (Å²) in [6.07, 6.45) is 0. The standard InChI is InChI=1S/C17H16N2O4/c1-12-10-15(13(2)23-12)17(21)22-11-16(20)19(9-8-18)14-6-4-3-5-7-14/h3-7,10H,9,11H2,1-2H3. The van der Waals surface area contributed by atoms with Gasteiger partial charge in [0.25, 0.3) is 5.91 Å². The first-order valence-electron chi connectivity index (χ1n) is 6.99. The molecule has 0 bridgehead atoms. The van der Waals surface area contributed by atoms with E-state index < -0.39 is 18.5 Å². The third-order valence-corrected chi connectivity index (χ3v) is 3.19.